The molecule has 4 heteroatoms. The summed E-state index contributed by atoms with van der Waals surface area (Å²) in [5.74, 6) is -1.93. The van der Waals surface area contributed by atoms with Crippen LogP contribution < -0.4 is 0 Å². The third kappa shape index (κ3) is 3.60. The molecule has 0 saturated heterocycles. The van der Waals surface area contributed by atoms with E-state index >= 15 is 0 Å². The van der Waals surface area contributed by atoms with Crippen molar-refractivity contribution in [2.24, 2.45) is 11.8 Å². The summed E-state index contributed by atoms with van der Waals surface area (Å²) in [5.41, 5.74) is 0.175. The average Bonchev–Trinajstić information content (AvgIpc) is 2.10. The second-order valence-corrected chi connectivity index (χ2v) is 3.25. The highest BCUT2D eigenvalue weighted by Gasteiger charge is 2.25. The van der Waals surface area contributed by atoms with Gasteiger partial charge in [-0.25, -0.2) is 0 Å². The summed E-state index contributed by atoms with van der Waals surface area (Å²) < 4.78 is 4.91. The van der Waals surface area contributed by atoms with Gasteiger partial charge in [0.2, 0.25) is 0 Å². The lowest BCUT2D eigenvalue weighted by Crippen LogP contribution is -2.23. The molecule has 0 aromatic carbocycles. The molecule has 80 valence electrons. The van der Waals surface area contributed by atoms with E-state index in [1.54, 1.807) is 20.8 Å². The van der Waals surface area contributed by atoms with E-state index < -0.39 is 11.9 Å². The van der Waals surface area contributed by atoms with E-state index in [-0.39, 0.29) is 11.5 Å². The molecule has 0 saturated carbocycles. The van der Waals surface area contributed by atoms with E-state index in [9.17, 15) is 9.59 Å². The smallest absolute Gasteiger partial charge is 0.311 e. The Balaban J connectivity index is 4.76. The van der Waals surface area contributed by atoms with Gasteiger partial charge in [0, 0.05) is 5.57 Å². The van der Waals surface area contributed by atoms with E-state index in [0.29, 0.717) is 12.9 Å². The predicted molar refractivity (Wildman–Crippen MR) is 51.7 cm³/mol. The Bertz CT molecular complexity index is 230. The minimum absolute atomic E-state index is 0.135. The van der Waals surface area contributed by atoms with Crippen LogP contribution in [-0.4, -0.2) is 24.0 Å². The maximum absolute atomic E-state index is 10.8. The molecule has 0 spiro atoms. The number of hydrogen-bond acceptors (Lipinski definition) is 3. The molecule has 0 heterocycles. The van der Waals surface area contributed by atoms with Crippen molar-refractivity contribution in [1.82, 2.24) is 0 Å². The van der Waals surface area contributed by atoms with Crippen LogP contribution in [0.3, 0.4) is 0 Å². The number of aldehydes is 1. The summed E-state index contributed by atoms with van der Waals surface area (Å²) >= 11 is 0. The third-order valence-electron chi connectivity index (χ3n) is 1.81. The summed E-state index contributed by atoms with van der Waals surface area (Å²) in [7, 11) is 0. The normalized spacial score (nSPS) is 13.9. The molecule has 0 unspecified atom stereocenters. The predicted octanol–water partition coefficient (Wildman–Crippen LogP) is 1.46. The van der Waals surface area contributed by atoms with Gasteiger partial charge in [0.05, 0.1) is 18.8 Å². The first-order valence-corrected chi connectivity index (χ1v) is 4.54. The minimum atomic E-state index is -1.00. The lowest BCUT2D eigenvalue weighted by molar-refractivity contribution is -0.142. The van der Waals surface area contributed by atoms with Crippen molar-refractivity contribution in [2.45, 2.75) is 20.8 Å². The monoisotopic (exact) mass is 200 g/mol. The number of carboxylic acids is 1. The molecule has 4 nitrogen and oxygen atoms in total. The Morgan fingerprint density at radius 3 is 2.36 bits per heavy atom. The highest BCUT2D eigenvalue weighted by molar-refractivity contribution is 5.85. The molecule has 0 aromatic rings. The lowest BCUT2D eigenvalue weighted by Gasteiger charge is -2.15. The highest BCUT2D eigenvalue weighted by atomic mass is 16.5. The standard InChI is InChI=1S/C10H16O4/c1-4-14-6-8(5-11)9(7(2)3)10(12)13/h5-7,9H,4H2,1-3H3,(H,12,13)/t9-/m0/s1. The molecule has 0 aliphatic carbocycles. The van der Waals surface area contributed by atoms with Crippen molar-refractivity contribution in [3.8, 4) is 0 Å². The van der Waals surface area contributed by atoms with Crippen LogP contribution in [0, 0.1) is 11.8 Å². The molecule has 14 heavy (non-hydrogen) atoms. The third-order valence-corrected chi connectivity index (χ3v) is 1.81. The van der Waals surface area contributed by atoms with Gasteiger partial charge in [-0.15, -0.1) is 0 Å². The first kappa shape index (κ1) is 12.7. The summed E-state index contributed by atoms with van der Waals surface area (Å²) in [6.45, 7) is 5.69. The fourth-order valence-corrected chi connectivity index (χ4v) is 1.17. The maximum Gasteiger partial charge on any atom is 0.311 e. The second kappa shape index (κ2) is 6.18. The minimum Gasteiger partial charge on any atom is -0.501 e. The number of ether oxygens (including phenoxy) is 1. The van der Waals surface area contributed by atoms with Gasteiger partial charge >= 0.3 is 5.97 Å². The van der Waals surface area contributed by atoms with Crippen molar-refractivity contribution in [2.75, 3.05) is 6.61 Å². The van der Waals surface area contributed by atoms with Gasteiger partial charge in [-0.2, -0.15) is 0 Å². The van der Waals surface area contributed by atoms with Crippen molar-refractivity contribution in [3.63, 3.8) is 0 Å². The van der Waals surface area contributed by atoms with Crippen molar-refractivity contribution >= 4 is 12.3 Å². The molecule has 0 radical (unpaired) electrons. The second-order valence-electron chi connectivity index (χ2n) is 3.25. The molecule has 1 atom stereocenters. The van der Waals surface area contributed by atoms with Gasteiger partial charge in [-0.3, -0.25) is 9.59 Å². The molecule has 0 aliphatic rings. The summed E-state index contributed by atoms with van der Waals surface area (Å²) in [5, 5.41) is 8.89. The summed E-state index contributed by atoms with van der Waals surface area (Å²) in [6, 6.07) is 0. The van der Waals surface area contributed by atoms with Gasteiger partial charge in [-0.05, 0) is 12.8 Å². The Labute approximate surface area is 83.6 Å². The number of carbonyl (C=O) groups excluding carboxylic acids is 1. The van der Waals surface area contributed by atoms with Crippen molar-refractivity contribution < 1.29 is 19.4 Å². The van der Waals surface area contributed by atoms with Crippen LogP contribution in [0.2, 0.25) is 0 Å². The number of carboxylic acid groups (broad SMARTS) is 1. The van der Waals surface area contributed by atoms with E-state index in [1.165, 1.54) is 6.26 Å². The molecular weight excluding hydrogens is 184 g/mol. The zero-order valence-electron chi connectivity index (χ0n) is 8.69. The highest BCUT2D eigenvalue weighted by Crippen LogP contribution is 2.19. The fraction of sp³-hybridized carbons (Fsp3) is 0.600. The molecule has 0 bridgehead atoms. The maximum atomic E-state index is 10.8. The number of hydrogen-bond donors (Lipinski definition) is 1. The van der Waals surface area contributed by atoms with E-state index in [0.717, 1.165) is 0 Å². The molecule has 0 rings (SSSR count). The molecule has 1 N–H and O–H groups in total. The van der Waals surface area contributed by atoms with E-state index in [1.807, 2.05) is 0 Å². The molecule has 0 aliphatic heterocycles. The van der Waals surface area contributed by atoms with Crippen LogP contribution >= 0.6 is 0 Å². The Kier molecular flexibility index (Phi) is 5.60. The van der Waals surface area contributed by atoms with E-state index in [4.69, 9.17) is 9.84 Å². The van der Waals surface area contributed by atoms with Crippen LogP contribution in [-0.2, 0) is 14.3 Å². The number of carbonyl (C=O) groups is 2. The zero-order chi connectivity index (χ0) is 11.1. The summed E-state index contributed by atoms with van der Waals surface area (Å²) in [6.07, 6.45) is 1.76. The van der Waals surface area contributed by atoms with Crippen LogP contribution in [0.15, 0.2) is 11.8 Å². The Hall–Kier alpha value is -1.32. The quantitative estimate of drug-likeness (QED) is 0.400. The molecule has 0 aromatic heterocycles. The van der Waals surface area contributed by atoms with Crippen LogP contribution in [0.5, 0.6) is 0 Å². The first-order chi connectivity index (χ1) is 6.54. The van der Waals surface area contributed by atoms with Gasteiger partial charge in [0.15, 0.2) is 0 Å². The fourth-order valence-electron chi connectivity index (χ4n) is 1.17. The molecule has 0 fully saturated rings. The SMILES string of the molecule is CCOC=C(C=O)[C@@H](C(=O)O)C(C)C. The van der Waals surface area contributed by atoms with Crippen molar-refractivity contribution in [3.05, 3.63) is 11.8 Å². The molecular formula is C10H16O4. The lowest BCUT2D eigenvalue weighted by atomic mass is 9.89. The first-order valence-electron chi connectivity index (χ1n) is 4.54. The van der Waals surface area contributed by atoms with Crippen LogP contribution in [0.1, 0.15) is 20.8 Å². The van der Waals surface area contributed by atoms with Gasteiger partial charge in [-0.1, -0.05) is 13.8 Å². The number of rotatable bonds is 6. The Morgan fingerprint density at radius 2 is 2.07 bits per heavy atom. The molecule has 0 amide bonds. The van der Waals surface area contributed by atoms with Crippen molar-refractivity contribution in [1.29, 1.82) is 0 Å². The largest absolute Gasteiger partial charge is 0.501 e. The number of aliphatic carboxylic acids is 1. The van der Waals surface area contributed by atoms with E-state index in [2.05, 4.69) is 0 Å². The van der Waals surface area contributed by atoms with Gasteiger partial charge in [0.25, 0.3) is 0 Å². The summed E-state index contributed by atoms with van der Waals surface area (Å²) in [4.78, 5) is 21.5. The van der Waals surface area contributed by atoms with Crippen LogP contribution in [0.4, 0.5) is 0 Å². The Morgan fingerprint density at radius 1 is 1.50 bits per heavy atom. The average molecular weight is 200 g/mol. The van der Waals surface area contributed by atoms with Crippen LogP contribution in [0.25, 0.3) is 0 Å². The zero-order valence-corrected chi connectivity index (χ0v) is 8.69. The van der Waals surface area contributed by atoms with Gasteiger partial charge in [0.1, 0.15) is 6.29 Å². The van der Waals surface area contributed by atoms with Gasteiger partial charge < -0.3 is 9.84 Å². The topological polar surface area (TPSA) is 63.6 Å².